The van der Waals surface area contributed by atoms with Crippen LogP contribution in [0, 0.1) is 6.92 Å². The average molecular weight is 386 g/mol. The minimum absolute atomic E-state index is 0.0393. The molecule has 28 heavy (non-hydrogen) atoms. The second kappa shape index (κ2) is 9.72. The molecule has 0 bridgehead atoms. The standard InChI is InChI=1S/C19H18N2O7/c1-12-2-5-14(6-3-12)19(26)21-20-9-13-4-7-15(27-10-17(22)23)16(8-13)28-11-18(24)25/h2-9H,10-11H2,1H3,(H,21,26)(H,22,23)(H,24,25)/b20-9+. The summed E-state index contributed by atoms with van der Waals surface area (Å²) in [6, 6.07) is 11.3. The Morgan fingerprint density at radius 1 is 0.964 bits per heavy atom. The number of hydrogen-bond acceptors (Lipinski definition) is 6. The first kappa shape index (κ1) is 20.4. The molecule has 0 unspecified atom stereocenters. The lowest BCUT2D eigenvalue weighted by Crippen LogP contribution is -2.17. The van der Waals surface area contributed by atoms with Gasteiger partial charge < -0.3 is 19.7 Å². The summed E-state index contributed by atoms with van der Waals surface area (Å²) >= 11 is 0. The quantitative estimate of drug-likeness (QED) is 0.441. The van der Waals surface area contributed by atoms with Gasteiger partial charge >= 0.3 is 11.9 Å². The summed E-state index contributed by atoms with van der Waals surface area (Å²) in [6.45, 7) is 0.672. The third-order valence-electron chi connectivity index (χ3n) is 3.36. The van der Waals surface area contributed by atoms with Crippen LogP contribution in [-0.4, -0.2) is 47.5 Å². The first-order valence-electron chi connectivity index (χ1n) is 8.08. The number of nitrogens with zero attached hydrogens (tertiary/aromatic N) is 1. The van der Waals surface area contributed by atoms with E-state index in [-0.39, 0.29) is 17.4 Å². The molecule has 9 nitrogen and oxygen atoms in total. The van der Waals surface area contributed by atoms with Gasteiger partial charge in [0.05, 0.1) is 6.21 Å². The Kier molecular flexibility index (Phi) is 7.09. The van der Waals surface area contributed by atoms with E-state index < -0.39 is 25.2 Å². The van der Waals surface area contributed by atoms with Crippen molar-refractivity contribution >= 4 is 24.1 Å². The van der Waals surface area contributed by atoms with Crippen molar-refractivity contribution in [2.24, 2.45) is 5.10 Å². The number of carboxylic acids is 2. The van der Waals surface area contributed by atoms with Gasteiger partial charge in [-0.25, -0.2) is 15.0 Å². The number of hydrogen-bond donors (Lipinski definition) is 3. The van der Waals surface area contributed by atoms with Crippen LogP contribution in [0.4, 0.5) is 0 Å². The molecule has 0 heterocycles. The van der Waals surface area contributed by atoms with E-state index in [0.29, 0.717) is 11.1 Å². The van der Waals surface area contributed by atoms with Crippen LogP contribution in [0.25, 0.3) is 0 Å². The smallest absolute Gasteiger partial charge is 0.341 e. The first-order chi connectivity index (χ1) is 13.3. The number of ether oxygens (including phenoxy) is 2. The van der Waals surface area contributed by atoms with Crippen LogP contribution < -0.4 is 14.9 Å². The van der Waals surface area contributed by atoms with E-state index in [9.17, 15) is 14.4 Å². The van der Waals surface area contributed by atoms with Gasteiger partial charge in [-0.3, -0.25) is 4.79 Å². The molecule has 146 valence electrons. The molecular formula is C19H18N2O7. The summed E-state index contributed by atoms with van der Waals surface area (Å²) in [5.74, 6) is -2.66. The average Bonchev–Trinajstić information content (AvgIpc) is 2.65. The van der Waals surface area contributed by atoms with Crippen molar-refractivity contribution in [3.05, 3.63) is 59.2 Å². The van der Waals surface area contributed by atoms with Gasteiger partial charge in [-0.1, -0.05) is 17.7 Å². The molecule has 0 atom stereocenters. The minimum atomic E-state index is -1.20. The summed E-state index contributed by atoms with van der Waals surface area (Å²) < 4.78 is 10.2. The van der Waals surface area contributed by atoms with Crippen LogP contribution in [0.2, 0.25) is 0 Å². The molecular weight excluding hydrogens is 368 g/mol. The van der Waals surface area contributed by atoms with Gasteiger partial charge in [0.25, 0.3) is 5.91 Å². The Hall–Kier alpha value is -3.88. The molecule has 0 aliphatic carbocycles. The molecule has 0 aromatic heterocycles. The SMILES string of the molecule is Cc1ccc(C(=O)N/N=C/c2ccc(OCC(=O)O)c(OCC(=O)O)c2)cc1. The number of aliphatic carboxylic acids is 2. The van der Waals surface area contributed by atoms with E-state index in [4.69, 9.17) is 19.7 Å². The highest BCUT2D eigenvalue weighted by Gasteiger charge is 2.10. The Bertz CT molecular complexity index is 892. The van der Waals surface area contributed by atoms with E-state index in [1.165, 1.54) is 18.3 Å². The van der Waals surface area contributed by atoms with Crippen LogP contribution >= 0.6 is 0 Å². The van der Waals surface area contributed by atoms with Gasteiger partial charge in [-0.2, -0.15) is 5.10 Å². The highest BCUT2D eigenvalue weighted by molar-refractivity contribution is 5.95. The number of nitrogens with one attached hydrogen (secondary N) is 1. The minimum Gasteiger partial charge on any atom is -0.479 e. The van der Waals surface area contributed by atoms with Crippen LogP contribution in [0.15, 0.2) is 47.6 Å². The first-order valence-corrected chi connectivity index (χ1v) is 8.08. The van der Waals surface area contributed by atoms with Crippen LogP contribution in [0.5, 0.6) is 11.5 Å². The largest absolute Gasteiger partial charge is 0.479 e. The van der Waals surface area contributed by atoms with E-state index >= 15 is 0 Å². The normalized spacial score (nSPS) is 10.5. The molecule has 1 amide bonds. The number of carbonyl (C=O) groups is 3. The molecule has 0 saturated heterocycles. The molecule has 0 aliphatic heterocycles. The molecule has 9 heteroatoms. The zero-order valence-electron chi connectivity index (χ0n) is 14.9. The lowest BCUT2D eigenvalue weighted by atomic mass is 10.1. The van der Waals surface area contributed by atoms with Gasteiger partial charge in [-0.05, 0) is 42.8 Å². The molecule has 0 saturated carbocycles. The van der Waals surface area contributed by atoms with Crippen molar-refractivity contribution in [2.75, 3.05) is 13.2 Å². The predicted octanol–water partition coefficient (Wildman–Crippen LogP) is 1.69. The summed E-state index contributed by atoms with van der Waals surface area (Å²) in [6.07, 6.45) is 1.33. The Balaban J connectivity index is 2.08. The van der Waals surface area contributed by atoms with E-state index in [1.807, 2.05) is 6.92 Å². The van der Waals surface area contributed by atoms with Crippen molar-refractivity contribution in [1.82, 2.24) is 5.43 Å². The van der Waals surface area contributed by atoms with Gasteiger partial charge in [0.2, 0.25) is 0 Å². The summed E-state index contributed by atoms with van der Waals surface area (Å²) in [5, 5.41) is 21.3. The predicted molar refractivity (Wildman–Crippen MR) is 98.9 cm³/mol. The number of rotatable bonds is 9. The molecule has 0 fully saturated rings. The van der Waals surface area contributed by atoms with Crippen LogP contribution in [0.3, 0.4) is 0 Å². The summed E-state index contributed by atoms with van der Waals surface area (Å²) in [7, 11) is 0. The van der Waals surface area contributed by atoms with Crippen molar-refractivity contribution in [2.45, 2.75) is 6.92 Å². The van der Waals surface area contributed by atoms with Crippen molar-refractivity contribution in [3.63, 3.8) is 0 Å². The van der Waals surface area contributed by atoms with Gasteiger partial charge in [0, 0.05) is 5.56 Å². The topological polar surface area (TPSA) is 135 Å². The van der Waals surface area contributed by atoms with Gasteiger partial charge in [-0.15, -0.1) is 0 Å². The molecule has 0 spiro atoms. The monoisotopic (exact) mass is 386 g/mol. The maximum Gasteiger partial charge on any atom is 0.341 e. The fourth-order valence-corrected chi connectivity index (χ4v) is 2.05. The molecule has 0 aliphatic rings. The maximum atomic E-state index is 12.0. The Labute approximate surface area is 160 Å². The van der Waals surface area contributed by atoms with Crippen molar-refractivity contribution in [1.29, 1.82) is 0 Å². The molecule has 0 radical (unpaired) electrons. The van der Waals surface area contributed by atoms with Crippen molar-refractivity contribution < 1.29 is 34.1 Å². The summed E-state index contributed by atoms with van der Waals surface area (Å²) in [4.78, 5) is 33.3. The lowest BCUT2D eigenvalue weighted by Gasteiger charge is -2.11. The van der Waals surface area contributed by atoms with E-state index in [0.717, 1.165) is 5.56 Å². The number of aryl methyl sites for hydroxylation is 1. The fourth-order valence-electron chi connectivity index (χ4n) is 2.05. The third-order valence-corrected chi connectivity index (χ3v) is 3.36. The summed E-state index contributed by atoms with van der Waals surface area (Å²) in [5.41, 5.74) is 4.33. The second-order valence-electron chi connectivity index (χ2n) is 5.64. The van der Waals surface area contributed by atoms with Gasteiger partial charge in [0.1, 0.15) is 0 Å². The highest BCUT2D eigenvalue weighted by Crippen LogP contribution is 2.28. The maximum absolute atomic E-state index is 12.0. The Morgan fingerprint density at radius 3 is 2.18 bits per heavy atom. The number of benzene rings is 2. The Morgan fingerprint density at radius 2 is 1.57 bits per heavy atom. The van der Waals surface area contributed by atoms with Gasteiger partial charge in [0.15, 0.2) is 24.7 Å². The molecule has 2 aromatic carbocycles. The third kappa shape index (κ3) is 6.45. The number of hydrazone groups is 1. The van der Waals surface area contributed by atoms with E-state index in [2.05, 4.69) is 10.5 Å². The lowest BCUT2D eigenvalue weighted by molar-refractivity contribution is -0.140. The number of carboxylic acid groups (broad SMARTS) is 2. The highest BCUT2D eigenvalue weighted by atomic mass is 16.5. The fraction of sp³-hybridized carbons (Fsp3) is 0.158. The zero-order valence-corrected chi connectivity index (χ0v) is 14.9. The number of amides is 1. The van der Waals surface area contributed by atoms with Crippen LogP contribution in [-0.2, 0) is 9.59 Å². The molecule has 3 N–H and O–H groups in total. The van der Waals surface area contributed by atoms with E-state index in [1.54, 1.807) is 30.3 Å². The second-order valence-corrected chi connectivity index (χ2v) is 5.64. The zero-order chi connectivity index (χ0) is 20.5. The molecule has 2 aromatic rings. The molecule has 2 rings (SSSR count). The van der Waals surface area contributed by atoms with Crippen LogP contribution in [0.1, 0.15) is 21.5 Å². The van der Waals surface area contributed by atoms with Crippen molar-refractivity contribution in [3.8, 4) is 11.5 Å². The number of carbonyl (C=O) groups excluding carboxylic acids is 1.